The van der Waals surface area contributed by atoms with Crippen LogP contribution in [0.25, 0.3) is 10.9 Å². The second-order valence-electron chi connectivity index (χ2n) is 6.78. The summed E-state index contributed by atoms with van der Waals surface area (Å²) in [5, 5.41) is 17.0. The van der Waals surface area contributed by atoms with E-state index in [2.05, 4.69) is 16.7 Å². The standard InChI is InChI=1S/C21H26N4O3/c1-4-17-16(12-22)21(24-14-6-8-27-9-7-14)15-10-19(23-13(3)26)20(28-5-2)11-18(15)25-17/h10-11,14H,4-9H2,1-3H3,(H,23,26)(H,24,25). The van der Waals surface area contributed by atoms with Crippen molar-refractivity contribution in [3.63, 3.8) is 0 Å². The van der Waals surface area contributed by atoms with Gasteiger partial charge in [0, 0.05) is 37.6 Å². The zero-order chi connectivity index (χ0) is 20.1. The Morgan fingerprint density at radius 2 is 2.11 bits per heavy atom. The molecule has 1 amide bonds. The highest BCUT2D eigenvalue weighted by molar-refractivity contribution is 6.01. The maximum Gasteiger partial charge on any atom is 0.221 e. The fraction of sp³-hybridized carbons (Fsp3) is 0.476. The Bertz CT molecular complexity index is 914. The van der Waals surface area contributed by atoms with Crippen molar-refractivity contribution in [2.45, 2.75) is 46.1 Å². The first-order valence-corrected chi connectivity index (χ1v) is 9.72. The number of nitrogens with one attached hydrogen (secondary N) is 2. The second-order valence-corrected chi connectivity index (χ2v) is 6.78. The summed E-state index contributed by atoms with van der Waals surface area (Å²) in [6, 6.07) is 6.23. The maximum atomic E-state index is 11.7. The molecular weight excluding hydrogens is 356 g/mol. The number of aryl methyl sites for hydroxylation is 1. The molecule has 0 radical (unpaired) electrons. The van der Waals surface area contributed by atoms with Crippen molar-refractivity contribution in [1.29, 1.82) is 5.26 Å². The number of nitrogens with zero attached hydrogens (tertiary/aromatic N) is 2. The zero-order valence-electron chi connectivity index (χ0n) is 16.6. The van der Waals surface area contributed by atoms with Crippen LogP contribution >= 0.6 is 0 Å². The van der Waals surface area contributed by atoms with E-state index in [9.17, 15) is 10.1 Å². The number of hydrogen-bond donors (Lipinski definition) is 2. The van der Waals surface area contributed by atoms with Crippen LogP contribution in [0.5, 0.6) is 5.75 Å². The molecule has 2 heterocycles. The molecule has 1 saturated heterocycles. The first kappa shape index (κ1) is 19.9. The SMILES string of the molecule is CCOc1cc2nc(CC)c(C#N)c(NC3CCOCC3)c2cc1NC(C)=O. The number of ether oxygens (including phenoxy) is 2. The van der Waals surface area contributed by atoms with Gasteiger partial charge >= 0.3 is 0 Å². The molecule has 1 aromatic heterocycles. The molecule has 28 heavy (non-hydrogen) atoms. The van der Waals surface area contributed by atoms with E-state index in [-0.39, 0.29) is 11.9 Å². The minimum absolute atomic E-state index is 0.183. The van der Waals surface area contributed by atoms with E-state index in [0.717, 1.165) is 35.1 Å². The van der Waals surface area contributed by atoms with Crippen LogP contribution < -0.4 is 15.4 Å². The number of aromatic nitrogens is 1. The van der Waals surface area contributed by atoms with Gasteiger partial charge in [-0.2, -0.15) is 5.26 Å². The van der Waals surface area contributed by atoms with Crippen molar-refractivity contribution in [3.8, 4) is 11.8 Å². The number of rotatable bonds is 6. The van der Waals surface area contributed by atoms with Crippen LogP contribution in [-0.2, 0) is 16.0 Å². The first-order valence-electron chi connectivity index (χ1n) is 9.72. The van der Waals surface area contributed by atoms with E-state index < -0.39 is 0 Å². The summed E-state index contributed by atoms with van der Waals surface area (Å²) in [6.45, 7) is 7.22. The van der Waals surface area contributed by atoms with Crippen molar-refractivity contribution < 1.29 is 14.3 Å². The Labute approximate surface area is 165 Å². The minimum Gasteiger partial charge on any atom is -0.492 e. The molecule has 2 N–H and O–H groups in total. The summed E-state index contributed by atoms with van der Waals surface area (Å²) in [5.41, 5.74) is 3.39. The van der Waals surface area contributed by atoms with Crippen LogP contribution in [0.4, 0.5) is 11.4 Å². The third-order valence-electron chi connectivity index (χ3n) is 4.79. The van der Waals surface area contributed by atoms with E-state index in [1.165, 1.54) is 6.92 Å². The fourth-order valence-corrected chi connectivity index (χ4v) is 3.48. The largest absolute Gasteiger partial charge is 0.492 e. The number of hydrogen-bond acceptors (Lipinski definition) is 6. The molecule has 0 spiro atoms. The van der Waals surface area contributed by atoms with E-state index in [1.807, 2.05) is 26.0 Å². The van der Waals surface area contributed by atoms with E-state index in [1.54, 1.807) is 0 Å². The third kappa shape index (κ3) is 4.18. The number of carbonyl (C=O) groups is 1. The number of fused-ring (bicyclic) bond motifs is 1. The van der Waals surface area contributed by atoms with Crippen molar-refractivity contribution >= 4 is 28.2 Å². The summed E-state index contributed by atoms with van der Waals surface area (Å²) >= 11 is 0. The Morgan fingerprint density at radius 1 is 1.36 bits per heavy atom. The van der Waals surface area contributed by atoms with Crippen LogP contribution in [0.3, 0.4) is 0 Å². The average molecular weight is 382 g/mol. The van der Waals surface area contributed by atoms with Crippen LogP contribution in [0.15, 0.2) is 12.1 Å². The molecule has 0 unspecified atom stereocenters. The molecule has 0 saturated carbocycles. The maximum absolute atomic E-state index is 11.7. The fourth-order valence-electron chi connectivity index (χ4n) is 3.48. The van der Waals surface area contributed by atoms with Gasteiger partial charge in [0.05, 0.1) is 34.8 Å². The zero-order valence-corrected chi connectivity index (χ0v) is 16.6. The van der Waals surface area contributed by atoms with Gasteiger partial charge in [0.1, 0.15) is 11.8 Å². The molecule has 7 heteroatoms. The molecule has 3 rings (SSSR count). The summed E-state index contributed by atoms with van der Waals surface area (Å²) in [7, 11) is 0. The summed E-state index contributed by atoms with van der Waals surface area (Å²) < 4.78 is 11.2. The molecular formula is C21H26N4O3. The molecule has 1 aliphatic rings. The lowest BCUT2D eigenvalue weighted by atomic mass is 10.0. The van der Waals surface area contributed by atoms with Crippen molar-refractivity contribution in [3.05, 3.63) is 23.4 Å². The normalized spacial score (nSPS) is 14.5. The molecule has 7 nitrogen and oxygen atoms in total. The Hall–Kier alpha value is -2.85. The number of nitriles is 1. The van der Waals surface area contributed by atoms with Gasteiger partial charge in [-0.05, 0) is 32.3 Å². The van der Waals surface area contributed by atoms with Gasteiger partial charge in [-0.1, -0.05) is 6.92 Å². The highest BCUT2D eigenvalue weighted by Crippen LogP contribution is 2.37. The second kappa shape index (κ2) is 8.89. The molecule has 1 aromatic carbocycles. The molecule has 1 aliphatic heterocycles. The van der Waals surface area contributed by atoms with Gasteiger partial charge in [0.25, 0.3) is 0 Å². The molecule has 0 atom stereocenters. The van der Waals surface area contributed by atoms with E-state index in [4.69, 9.17) is 14.5 Å². The quantitative estimate of drug-likeness (QED) is 0.792. The monoisotopic (exact) mass is 382 g/mol. The molecule has 0 aliphatic carbocycles. The summed E-state index contributed by atoms with van der Waals surface area (Å²) in [4.78, 5) is 16.4. The predicted molar refractivity (Wildman–Crippen MR) is 109 cm³/mol. The van der Waals surface area contributed by atoms with Gasteiger partial charge < -0.3 is 20.1 Å². The highest BCUT2D eigenvalue weighted by Gasteiger charge is 2.21. The minimum atomic E-state index is -0.183. The number of pyridine rings is 1. The topological polar surface area (TPSA) is 96.3 Å². The van der Waals surface area contributed by atoms with Gasteiger partial charge in [-0.15, -0.1) is 0 Å². The van der Waals surface area contributed by atoms with Gasteiger partial charge in [-0.3, -0.25) is 9.78 Å². The Kier molecular flexibility index (Phi) is 6.32. The molecule has 0 bridgehead atoms. The molecule has 148 valence electrons. The number of amides is 1. The summed E-state index contributed by atoms with van der Waals surface area (Å²) in [5.74, 6) is 0.388. The molecule has 1 fully saturated rings. The smallest absolute Gasteiger partial charge is 0.221 e. The van der Waals surface area contributed by atoms with Crippen LogP contribution in [0, 0.1) is 11.3 Å². The first-order chi connectivity index (χ1) is 13.6. The third-order valence-corrected chi connectivity index (χ3v) is 4.79. The van der Waals surface area contributed by atoms with Crippen LogP contribution in [-0.4, -0.2) is 36.8 Å². The van der Waals surface area contributed by atoms with Crippen molar-refractivity contribution in [2.75, 3.05) is 30.5 Å². The Morgan fingerprint density at radius 3 is 2.71 bits per heavy atom. The molecule has 2 aromatic rings. The number of anilines is 2. The average Bonchev–Trinajstić information content (AvgIpc) is 2.69. The lowest BCUT2D eigenvalue weighted by molar-refractivity contribution is -0.114. The highest BCUT2D eigenvalue weighted by atomic mass is 16.5. The van der Waals surface area contributed by atoms with Crippen molar-refractivity contribution in [1.82, 2.24) is 4.98 Å². The number of carbonyl (C=O) groups excluding carboxylic acids is 1. The van der Waals surface area contributed by atoms with Gasteiger partial charge in [-0.25, -0.2) is 0 Å². The van der Waals surface area contributed by atoms with E-state index >= 15 is 0 Å². The van der Waals surface area contributed by atoms with Gasteiger partial charge in [0.2, 0.25) is 5.91 Å². The van der Waals surface area contributed by atoms with Crippen molar-refractivity contribution in [2.24, 2.45) is 0 Å². The Balaban J connectivity index is 2.20. The van der Waals surface area contributed by atoms with Crippen LogP contribution in [0.2, 0.25) is 0 Å². The lowest BCUT2D eigenvalue weighted by Gasteiger charge is -2.26. The number of benzene rings is 1. The van der Waals surface area contributed by atoms with E-state index in [0.29, 0.717) is 43.2 Å². The summed E-state index contributed by atoms with van der Waals surface area (Å²) in [6.07, 6.45) is 2.41. The predicted octanol–water partition coefficient (Wildman–Crippen LogP) is 3.62. The lowest BCUT2D eigenvalue weighted by Crippen LogP contribution is -2.28. The van der Waals surface area contributed by atoms with Crippen LogP contribution in [0.1, 0.15) is 44.9 Å². The van der Waals surface area contributed by atoms with Gasteiger partial charge in [0.15, 0.2) is 0 Å².